The molecular weight excluding hydrogens is 513 g/mol. The summed E-state index contributed by atoms with van der Waals surface area (Å²) in [5.41, 5.74) is 0. The van der Waals surface area contributed by atoms with Crippen LogP contribution >= 0.6 is 0 Å². The van der Waals surface area contributed by atoms with Crippen molar-refractivity contribution in [2.75, 3.05) is 6.61 Å². The van der Waals surface area contributed by atoms with Gasteiger partial charge < -0.3 is 15.5 Å². The molecule has 246 valence electrons. The molecule has 0 spiro atoms. The van der Waals surface area contributed by atoms with Crippen LogP contribution in [-0.4, -0.2) is 41.0 Å². The van der Waals surface area contributed by atoms with Gasteiger partial charge in [-0.1, -0.05) is 181 Å². The summed E-state index contributed by atoms with van der Waals surface area (Å²) in [5.74, 6) is -0.199. The van der Waals surface area contributed by atoms with Gasteiger partial charge in [-0.15, -0.1) is 0 Å². The predicted octanol–water partition coefficient (Wildman–Crippen LogP) is 10.5. The molecule has 0 aliphatic carbocycles. The Balaban J connectivity index is 3.66. The van der Waals surface area contributed by atoms with E-state index < -0.39 is 24.9 Å². The van der Waals surface area contributed by atoms with Crippen molar-refractivity contribution < 1.29 is 19.4 Å². The molecule has 0 aromatic heterocycles. The molecule has 4 nitrogen and oxygen atoms in total. The molecule has 0 heterocycles. The zero-order chi connectivity index (χ0) is 30.2. The molecule has 3 atom stereocenters. The van der Waals surface area contributed by atoms with Gasteiger partial charge in [0, 0.05) is 6.42 Å². The van der Waals surface area contributed by atoms with E-state index in [1.807, 2.05) is 0 Å². The van der Waals surface area contributed by atoms with Crippen LogP contribution in [0.5, 0.6) is 0 Å². The summed E-state index contributed by atoms with van der Waals surface area (Å²) in [6.45, 7) is 4.07. The summed E-state index contributed by atoms with van der Waals surface area (Å²) in [4.78, 5) is 12.3. The number of aliphatic hydroxyl groups excluding tert-OH is 2. The highest BCUT2D eigenvalue weighted by atomic mass is 19.1. The number of amides is 1. The molecule has 5 heteroatoms. The molecule has 0 unspecified atom stereocenters. The van der Waals surface area contributed by atoms with Gasteiger partial charge in [0.05, 0.1) is 12.6 Å². The SMILES string of the molecule is CCCCCCCCCCCCCCCCCC(=O)N[C@H](CO)[C@@H](O)[C@H](F)CCCCCCCCCCCCCC. The summed E-state index contributed by atoms with van der Waals surface area (Å²) >= 11 is 0. The average Bonchev–Trinajstić information content (AvgIpc) is 2.97. The second-order valence-corrected chi connectivity index (χ2v) is 12.7. The third kappa shape index (κ3) is 27.9. The van der Waals surface area contributed by atoms with Crippen molar-refractivity contribution in [3.05, 3.63) is 0 Å². The van der Waals surface area contributed by atoms with Gasteiger partial charge in [-0.25, -0.2) is 4.39 Å². The summed E-state index contributed by atoms with van der Waals surface area (Å²) in [5, 5.41) is 22.7. The monoisotopic (exact) mass is 586 g/mol. The second-order valence-electron chi connectivity index (χ2n) is 12.7. The predicted molar refractivity (Wildman–Crippen MR) is 175 cm³/mol. The third-order valence-electron chi connectivity index (χ3n) is 8.67. The van der Waals surface area contributed by atoms with Crippen LogP contribution in [0.15, 0.2) is 0 Å². The Labute approximate surface area is 255 Å². The quantitative estimate of drug-likeness (QED) is 0.0671. The Morgan fingerprint density at radius 1 is 0.561 bits per heavy atom. The highest BCUT2D eigenvalue weighted by Gasteiger charge is 2.28. The second kappa shape index (κ2) is 32.2. The van der Waals surface area contributed by atoms with Crippen LogP contribution in [0.2, 0.25) is 0 Å². The van der Waals surface area contributed by atoms with E-state index in [1.165, 1.54) is 135 Å². The van der Waals surface area contributed by atoms with Crippen molar-refractivity contribution in [2.24, 2.45) is 0 Å². The number of nitrogens with one attached hydrogen (secondary N) is 1. The highest BCUT2D eigenvalue weighted by molar-refractivity contribution is 5.76. The molecule has 0 saturated carbocycles. The van der Waals surface area contributed by atoms with Crippen LogP contribution < -0.4 is 5.32 Å². The van der Waals surface area contributed by atoms with Crippen LogP contribution in [0.3, 0.4) is 0 Å². The van der Waals surface area contributed by atoms with Gasteiger partial charge in [0.1, 0.15) is 12.3 Å². The van der Waals surface area contributed by atoms with E-state index in [4.69, 9.17) is 0 Å². The van der Waals surface area contributed by atoms with Crippen LogP contribution in [0, 0.1) is 0 Å². The largest absolute Gasteiger partial charge is 0.394 e. The first-order valence-corrected chi connectivity index (χ1v) is 18.3. The Hall–Kier alpha value is -0.680. The maximum Gasteiger partial charge on any atom is 0.220 e. The molecule has 0 fully saturated rings. The molecule has 0 bridgehead atoms. The molecule has 0 saturated heterocycles. The first kappa shape index (κ1) is 40.3. The molecule has 1 amide bonds. The maximum absolute atomic E-state index is 14.6. The molecule has 0 aromatic carbocycles. The molecule has 0 aromatic rings. The van der Waals surface area contributed by atoms with E-state index in [0.717, 1.165) is 38.5 Å². The van der Waals surface area contributed by atoms with Crippen molar-refractivity contribution >= 4 is 5.91 Å². The molecule has 0 aliphatic heterocycles. The van der Waals surface area contributed by atoms with E-state index in [0.29, 0.717) is 6.42 Å². The lowest BCUT2D eigenvalue weighted by atomic mass is 10.00. The highest BCUT2D eigenvalue weighted by Crippen LogP contribution is 2.17. The number of rotatable bonds is 33. The minimum atomic E-state index is -1.42. The molecule has 0 aliphatic rings. The van der Waals surface area contributed by atoms with E-state index >= 15 is 0 Å². The lowest BCUT2D eigenvalue weighted by molar-refractivity contribution is -0.123. The smallest absolute Gasteiger partial charge is 0.220 e. The number of hydrogen-bond acceptors (Lipinski definition) is 3. The fourth-order valence-corrected chi connectivity index (χ4v) is 5.78. The summed E-state index contributed by atoms with van der Waals surface area (Å²) in [6, 6.07) is -0.925. The summed E-state index contributed by atoms with van der Waals surface area (Å²) in [7, 11) is 0. The Morgan fingerprint density at radius 2 is 0.878 bits per heavy atom. The number of hydrogen-bond donors (Lipinski definition) is 3. The van der Waals surface area contributed by atoms with Gasteiger partial charge in [-0.3, -0.25) is 4.79 Å². The Kier molecular flexibility index (Phi) is 31.7. The third-order valence-corrected chi connectivity index (χ3v) is 8.67. The minimum Gasteiger partial charge on any atom is -0.394 e. The van der Waals surface area contributed by atoms with E-state index in [-0.39, 0.29) is 12.3 Å². The van der Waals surface area contributed by atoms with Crippen LogP contribution in [0.4, 0.5) is 4.39 Å². The van der Waals surface area contributed by atoms with Crippen molar-refractivity contribution in [1.82, 2.24) is 5.32 Å². The van der Waals surface area contributed by atoms with Gasteiger partial charge in [0.2, 0.25) is 5.91 Å². The molecule has 0 radical (unpaired) electrons. The van der Waals surface area contributed by atoms with Crippen molar-refractivity contribution in [3.8, 4) is 0 Å². The zero-order valence-electron chi connectivity index (χ0n) is 27.6. The van der Waals surface area contributed by atoms with E-state index in [1.54, 1.807) is 0 Å². The summed E-state index contributed by atoms with van der Waals surface area (Å²) in [6.07, 6.45) is 31.7. The fraction of sp³-hybridized carbons (Fsp3) is 0.972. The normalized spacial score (nSPS) is 13.8. The number of carbonyl (C=O) groups is 1. The first-order chi connectivity index (χ1) is 20.1. The standard InChI is InChI=1S/C36H72FNO3/c1-3-5-7-9-11-13-15-17-18-19-21-23-25-27-29-31-35(40)38-34(32-39)36(41)33(37)30-28-26-24-22-20-16-14-12-10-8-6-4-2/h33-34,36,39,41H,3-32H2,1-2H3,(H,38,40)/t33-,34-,36+/m1/s1. The van der Waals surface area contributed by atoms with Crippen LogP contribution in [-0.2, 0) is 4.79 Å². The van der Waals surface area contributed by atoms with Gasteiger partial charge in [-0.05, 0) is 12.8 Å². The molecular formula is C36H72FNO3. The molecule has 3 N–H and O–H groups in total. The number of carbonyl (C=O) groups excluding carboxylic acids is 1. The van der Waals surface area contributed by atoms with Crippen molar-refractivity contribution in [3.63, 3.8) is 0 Å². The van der Waals surface area contributed by atoms with E-state index in [2.05, 4.69) is 19.2 Å². The van der Waals surface area contributed by atoms with Gasteiger partial charge in [-0.2, -0.15) is 0 Å². The Morgan fingerprint density at radius 3 is 1.22 bits per heavy atom. The van der Waals surface area contributed by atoms with Gasteiger partial charge >= 0.3 is 0 Å². The maximum atomic E-state index is 14.6. The van der Waals surface area contributed by atoms with Crippen LogP contribution in [0.25, 0.3) is 0 Å². The fourth-order valence-electron chi connectivity index (χ4n) is 5.78. The molecule has 0 rings (SSSR count). The van der Waals surface area contributed by atoms with Crippen LogP contribution in [0.1, 0.15) is 200 Å². The van der Waals surface area contributed by atoms with Gasteiger partial charge in [0.25, 0.3) is 0 Å². The Bertz CT molecular complexity index is 533. The first-order valence-electron chi connectivity index (χ1n) is 18.3. The number of aliphatic hydroxyl groups is 2. The zero-order valence-corrected chi connectivity index (χ0v) is 27.6. The lowest BCUT2D eigenvalue weighted by Crippen LogP contribution is -2.49. The molecule has 41 heavy (non-hydrogen) atoms. The lowest BCUT2D eigenvalue weighted by Gasteiger charge is -2.25. The minimum absolute atomic E-state index is 0.199. The van der Waals surface area contributed by atoms with Gasteiger partial charge in [0.15, 0.2) is 0 Å². The van der Waals surface area contributed by atoms with Crippen molar-refractivity contribution in [2.45, 2.75) is 218 Å². The van der Waals surface area contributed by atoms with E-state index in [9.17, 15) is 19.4 Å². The number of halogens is 1. The summed E-state index contributed by atoms with van der Waals surface area (Å²) < 4.78 is 14.6. The number of unbranched alkanes of at least 4 members (excludes halogenated alkanes) is 25. The van der Waals surface area contributed by atoms with Crippen molar-refractivity contribution in [1.29, 1.82) is 0 Å². The topological polar surface area (TPSA) is 69.6 Å². The average molecular weight is 586 g/mol. The number of alkyl halides is 1.